The molecule has 0 bridgehead atoms. The first kappa shape index (κ1) is 19.6. The maximum Gasteiger partial charge on any atom is 0.208 e. The standard InChI is InChI=1S/C16H28N6O2S/c1-5-6-9-22-16-14(13(21-22)10-12(2)3)15(18-11-19-16)17-7-8-20-25(4,23)24/h11-12,20H,5-10H2,1-4H3,(H,17,18,19). The van der Waals surface area contributed by atoms with Gasteiger partial charge < -0.3 is 5.32 Å². The Morgan fingerprint density at radius 1 is 1.24 bits per heavy atom. The highest BCUT2D eigenvalue weighted by atomic mass is 32.2. The lowest BCUT2D eigenvalue weighted by Crippen LogP contribution is -2.27. The summed E-state index contributed by atoms with van der Waals surface area (Å²) in [5.41, 5.74) is 1.82. The van der Waals surface area contributed by atoms with Gasteiger partial charge in [0, 0.05) is 19.6 Å². The average Bonchev–Trinajstić information content (AvgIpc) is 2.86. The van der Waals surface area contributed by atoms with Gasteiger partial charge in [-0.05, 0) is 18.8 Å². The Morgan fingerprint density at radius 3 is 2.64 bits per heavy atom. The monoisotopic (exact) mass is 368 g/mol. The first-order valence-corrected chi connectivity index (χ1v) is 10.6. The summed E-state index contributed by atoms with van der Waals surface area (Å²) >= 11 is 0. The van der Waals surface area contributed by atoms with Crippen LogP contribution in [0.3, 0.4) is 0 Å². The molecule has 0 fully saturated rings. The van der Waals surface area contributed by atoms with Crippen molar-refractivity contribution in [3.8, 4) is 0 Å². The predicted molar refractivity (Wildman–Crippen MR) is 100 cm³/mol. The van der Waals surface area contributed by atoms with Gasteiger partial charge in [0.25, 0.3) is 0 Å². The molecule has 2 heterocycles. The number of fused-ring (bicyclic) bond motifs is 1. The van der Waals surface area contributed by atoms with E-state index >= 15 is 0 Å². The summed E-state index contributed by atoms with van der Waals surface area (Å²) in [6.07, 6.45) is 5.66. The van der Waals surface area contributed by atoms with E-state index in [9.17, 15) is 8.42 Å². The SMILES string of the molecule is CCCCn1nc(CC(C)C)c2c(NCCNS(C)(=O)=O)ncnc21. The van der Waals surface area contributed by atoms with Gasteiger partial charge >= 0.3 is 0 Å². The molecule has 0 saturated carbocycles. The lowest BCUT2D eigenvalue weighted by atomic mass is 10.1. The molecule has 0 saturated heterocycles. The number of unbranched alkanes of at least 4 members (excludes halogenated alkanes) is 1. The number of sulfonamides is 1. The lowest BCUT2D eigenvalue weighted by Gasteiger charge is -2.08. The lowest BCUT2D eigenvalue weighted by molar-refractivity contribution is 0.562. The normalized spacial score (nSPS) is 12.2. The molecule has 2 aromatic rings. The third-order valence-corrected chi connectivity index (χ3v) is 4.44. The van der Waals surface area contributed by atoms with Crippen molar-refractivity contribution in [3.63, 3.8) is 0 Å². The van der Waals surface area contributed by atoms with Gasteiger partial charge in [-0.3, -0.25) is 0 Å². The van der Waals surface area contributed by atoms with E-state index in [2.05, 4.69) is 40.8 Å². The van der Waals surface area contributed by atoms with Crippen LogP contribution in [0.2, 0.25) is 0 Å². The molecule has 0 aromatic carbocycles. The van der Waals surface area contributed by atoms with E-state index in [-0.39, 0.29) is 0 Å². The molecule has 0 spiro atoms. The van der Waals surface area contributed by atoms with Gasteiger partial charge in [-0.2, -0.15) is 5.10 Å². The van der Waals surface area contributed by atoms with Crippen molar-refractivity contribution in [2.24, 2.45) is 5.92 Å². The topological polar surface area (TPSA) is 102 Å². The maximum absolute atomic E-state index is 11.2. The molecule has 140 valence electrons. The van der Waals surface area contributed by atoms with Crippen molar-refractivity contribution in [1.29, 1.82) is 0 Å². The van der Waals surface area contributed by atoms with E-state index in [0.717, 1.165) is 48.8 Å². The molecule has 8 nitrogen and oxygen atoms in total. The zero-order valence-corrected chi connectivity index (χ0v) is 16.2. The molecule has 0 radical (unpaired) electrons. The highest BCUT2D eigenvalue weighted by Crippen LogP contribution is 2.25. The largest absolute Gasteiger partial charge is 0.368 e. The summed E-state index contributed by atoms with van der Waals surface area (Å²) in [7, 11) is -3.19. The van der Waals surface area contributed by atoms with E-state index < -0.39 is 10.0 Å². The highest BCUT2D eigenvalue weighted by Gasteiger charge is 2.17. The second-order valence-corrected chi connectivity index (χ2v) is 8.47. The Hall–Kier alpha value is -1.74. The van der Waals surface area contributed by atoms with Crippen LogP contribution in [0, 0.1) is 5.92 Å². The van der Waals surface area contributed by atoms with Gasteiger partial charge in [0.2, 0.25) is 10.0 Å². The maximum atomic E-state index is 11.2. The summed E-state index contributed by atoms with van der Waals surface area (Å²) in [6.45, 7) is 8.04. The van der Waals surface area contributed by atoms with Gasteiger partial charge in [0.05, 0.1) is 17.3 Å². The average molecular weight is 369 g/mol. The highest BCUT2D eigenvalue weighted by molar-refractivity contribution is 7.88. The van der Waals surface area contributed by atoms with E-state index in [1.165, 1.54) is 6.33 Å². The van der Waals surface area contributed by atoms with Crippen LogP contribution >= 0.6 is 0 Å². The first-order chi connectivity index (χ1) is 11.8. The van der Waals surface area contributed by atoms with Crippen LogP contribution in [-0.4, -0.2) is 47.5 Å². The van der Waals surface area contributed by atoms with Crippen LogP contribution in [-0.2, 0) is 23.0 Å². The third-order valence-electron chi connectivity index (χ3n) is 3.71. The molecule has 2 aromatic heterocycles. The number of aromatic nitrogens is 4. The van der Waals surface area contributed by atoms with Gasteiger partial charge in [-0.1, -0.05) is 27.2 Å². The minimum Gasteiger partial charge on any atom is -0.368 e. The summed E-state index contributed by atoms with van der Waals surface area (Å²) in [5.74, 6) is 1.18. The molecule has 0 amide bonds. The summed E-state index contributed by atoms with van der Waals surface area (Å²) < 4.78 is 26.7. The molecule has 0 unspecified atom stereocenters. The molecule has 2 N–H and O–H groups in total. The second kappa shape index (κ2) is 8.57. The number of nitrogens with one attached hydrogen (secondary N) is 2. The minimum absolute atomic E-state index is 0.299. The Morgan fingerprint density at radius 2 is 2.00 bits per heavy atom. The molecular formula is C16H28N6O2S. The van der Waals surface area contributed by atoms with Gasteiger partial charge in [0.1, 0.15) is 12.1 Å². The smallest absolute Gasteiger partial charge is 0.208 e. The van der Waals surface area contributed by atoms with Gasteiger partial charge in [0.15, 0.2) is 5.65 Å². The van der Waals surface area contributed by atoms with Crippen LogP contribution in [0.5, 0.6) is 0 Å². The van der Waals surface area contributed by atoms with Crippen LogP contribution in [0.15, 0.2) is 6.33 Å². The van der Waals surface area contributed by atoms with Gasteiger partial charge in [-0.15, -0.1) is 0 Å². The number of anilines is 1. The fraction of sp³-hybridized carbons (Fsp3) is 0.688. The van der Waals surface area contributed by atoms with E-state index in [1.54, 1.807) is 0 Å². The van der Waals surface area contributed by atoms with E-state index in [4.69, 9.17) is 5.10 Å². The Balaban J connectivity index is 2.27. The van der Waals surface area contributed by atoms with Crippen LogP contribution in [0.25, 0.3) is 11.0 Å². The van der Waals surface area contributed by atoms with Crippen LogP contribution in [0.1, 0.15) is 39.3 Å². The summed E-state index contributed by atoms with van der Waals surface area (Å²) in [6, 6.07) is 0. The fourth-order valence-corrected chi connectivity index (χ4v) is 3.10. The summed E-state index contributed by atoms with van der Waals surface area (Å²) in [5, 5.41) is 8.91. The molecular weight excluding hydrogens is 340 g/mol. The molecule has 0 aliphatic carbocycles. The third kappa shape index (κ3) is 5.64. The van der Waals surface area contributed by atoms with Crippen molar-refractivity contribution >= 4 is 26.9 Å². The van der Waals surface area contributed by atoms with Crippen LogP contribution < -0.4 is 10.0 Å². The number of nitrogens with zero attached hydrogens (tertiary/aromatic N) is 4. The van der Waals surface area contributed by atoms with Crippen LogP contribution in [0.4, 0.5) is 5.82 Å². The molecule has 0 aliphatic heterocycles. The van der Waals surface area contributed by atoms with E-state index in [1.807, 2.05) is 4.68 Å². The zero-order valence-electron chi connectivity index (χ0n) is 15.4. The molecule has 2 rings (SSSR count). The Bertz CT molecular complexity index is 800. The Kier molecular flexibility index (Phi) is 6.71. The first-order valence-electron chi connectivity index (χ1n) is 8.70. The van der Waals surface area contributed by atoms with Crippen molar-refractivity contribution in [2.75, 3.05) is 24.7 Å². The number of hydrogen-bond donors (Lipinski definition) is 2. The predicted octanol–water partition coefficient (Wildman–Crippen LogP) is 1.79. The molecule has 0 aliphatic rings. The molecule has 9 heteroatoms. The summed E-state index contributed by atoms with van der Waals surface area (Å²) in [4.78, 5) is 8.78. The number of aryl methyl sites for hydroxylation is 1. The number of hydrogen-bond acceptors (Lipinski definition) is 6. The van der Waals surface area contributed by atoms with Crippen molar-refractivity contribution in [1.82, 2.24) is 24.5 Å². The van der Waals surface area contributed by atoms with Crippen molar-refractivity contribution < 1.29 is 8.42 Å². The minimum atomic E-state index is -3.19. The van der Waals surface area contributed by atoms with Crippen molar-refractivity contribution in [3.05, 3.63) is 12.0 Å². The quantitative estimate of drug-likeness (QED) is 0.620. The molecule has 0 atom stereocenters. The second-order valence-electron chi connectivity index (χ2n) is 6.64. The van der Waals surface area contributed by atoms with E-state index in [0.29, 0.717) is 24.8 Å². The number of rotatable bonds is 10. The fourth-order valence-electron chi connectivity index (χ4n) is 2.63. The Labute approximate surface area is 149 Å². The van der Waals surface area contributed by atoms with Gasteiger partial charge in [-0.25, -0.2) is 27.8 Å². The molecule has 25 heavy (non-hydrogen) atoms. The van der Waals surface area contributed by atoms with Crippen molar-refractivity contribution in [2.45, 2.75) is 46.6 Å². The zero-order chi connectivity index (χ0) is 18.4.